The summed E-state index contributed by atoms with van der Waals surface area (Å²) in [7, 11) is 1.92. The molecule has 1 aromatic heterocycles. The van der Waals surface area contributed by atoms with E-state index in [1.807, 2.05) is 20.0 Å². The maximum atomic E-state index is 14.2. The quantitative estimate of drug-likeness (QED) is 0.814. The fourth-order valence-electron chi connectivity index (χ4n) is 2.04. The van der Waals surface area contributed by atoms with Gasteiger partial charge in [0, 0.05) is 15.8 Å². The van der Waals surface area contributed by atoms with E-state index in [0.29, 0.717) is 5.56 Å². The van der Waals surface area contributed by atoms with E-state index < -0.39 is 0 Å². The molecule has 0 aliphatic rings. The zero-order chi connectivity index (χ0) is 14.7. The van der Waals surface area contributed by atoms with Gasteiger partial charge in [-0.2, -0.15) is 0 Å². The van der Waals surface area contributed by atoms with E-state index in [1.54, 1.807) is 29.2 Å². The maximum absolute atomic E-state index is 14.2. The van der Waals surface area contributed by atoms with Crippen LogP contribution in [0.3, 0.4) is 0 Å². The smallest absolute Gasteiger partial charge is 0.134 e. The van der Waals surface area contributed by atoms with E-state index in [0.717, 1.165) is 21.3 Å². The number of hydrogen-bond acceptors (Lipinski definition) is 4. The standard InChI is InChI=1S/C15H19FN2S2/c1-5-19-12-8-6-7-11(16)13(12)15-18-10(3)14(20-15)9(2)17-4/h6-9,17H,5H2,1-4H3. The van der Waals surface area contributed by atoms with Gasteiger partial charge in [0.15, 0.2) is 0 Å². The van der Waals surface area contributed by atoms with Crippen LogP contribution in [-0.4, -0.2) is 17.8 Å². The number of aryl methyl sites for hydroxylation is 1. The Hall–Kier alpha value is -0.910. The Labute approximate surface area is 127 Å². The van der Waals surface area contributed by atoms with Crippen LogP contribution in [-0.2, 0) is 0 Å². The highest BCUT2D eigenvalue weighted by molar-refractivity contribution is 7.99. The van der Waals surface area contributed by atoms with Gasteiger partial charge in [-0.15, -0.1) is 23.1 Å². The maximum Gasteiger partial charge on any atom is 0.134 e. The number of nitrogens with one attached hydrogen (secondary N) is 1. The predicted octanol–water partition coefficient (Wildman–Crippen LogP) is 4.65. The highest BCUT2D eigenvalue weighted by Gasteiger charge is 2.18. The first-order chi connectivity index (χ1) is 9.58. The molecule has 1 atom stereocenters. The second kappa shape index (κ2) is 6.70. The molecule has 2 nitrogen and oxygen atoms in total. The van der Waals surface area contributed by atoms with Crippen LogP contribution in [0.5, 0.6) is 0 Å². The topological polar surface area (TPSA) is 24.9 Å². The van der Waals surface area contributed by atoms with Crippen molar-refractivity contribution in [1.29, 1.82) is 0 Å². The molecule has 0 radical (unpaired) electrons. The Balaban J connectivity index is 2.51. The van der Waals surface area contributed by atoms with Gasteiger partial charge in [-0.05, 0) is 38.8 Å². The van der Waals surface area contributed by atoms with Crippen molar-refractivity contribution in [3.8, 4) is 10.6 Å². The third-order valence-corrected chi connectivity index (χ3v) is 5.45. The summed E-state index contributed by atoms with van der Waals surface area (Å²) >= 11 is 3.22. The molecule has 1 aromatic carbocycles. The van der Waals surface area contributed by atoms with Crippen LogP contribution in [0.25, 0.3) is 10.6 Å². The van der Waals surface area contributed by atoms with E-state index in [-0.39, 0.29) is 11.9 Å². The zero-order valence-electron chi connectivity index (χ0n) is 12.2. The van der Waals surface area contributed by atoms with Crippen LogP contribution in [0.4, 0.5) is 4.39 Å². The number of halogens is 1. The highest BCUT2D eigenvalue weighted by Crippen LogP contribution is 2.38. The van der Waals surface area contributed by atoms with Crippen molar-refractivity contribution in [3.05, 3.63) is 34.6 Å². The summed E-state index contributed by atoms with van der Waals surface area (Å²) in [4.78, 5) is 6.71. The minimum Gasteiger partial charge on any atom is -0.312 e. The summed E-state index contributed by atoms with van der Waals surface area (Å²) in [6.45, 7) is 6.14. The fraction of sp³-hybridized carbons (Fsp3) is 0.400. The van der Waals surface area contributed by atoms with Crippen LogP contribution in [0.2, 0.25) is 0 Å². The molecule has 0 saturated carbocycles. The van der Waals surface area contributed by atoms with Crippen molar-refractivity contribution in [3.63, 3.8) is 0 Å². The van der Waals surface area contributed by atoms with Gasteiger partial charge >= 0.3 is 0 Å². The normalized spacial score (nSPS) is 12.7. The average molecular weight is 310 g/mol. The van der Waals surface area contributed by atoms with Gasteiger partial charge < -0.3 is 5.32 Å². The van der Waals surface area contributed by atoms with Crippen molar-refractivity contribution in [2.75, 3.05) is 12.8 Å². The molecule has 0 bridgehead atoms. The molecule has 0 spiro atoms. The van der Waals surface area contributed by atoms with Crippen molar-refractivity contribution in [2.45, 2.75) is 31.7 Å². The van der Waals surface area contributed by atoms with Gasteiger partial charge in [-0.1, -0.05) is 13.0 Å². The molecule has 1 heterocycles. The van der Waals surface area contributed by atoms with E-state index in [4.69, 9.17) is 0 Å². The summed E-state index contributed by atoms with van der Waals surface area (Å²) in [5.74, 6) is 0.724. The molecule has 2 rings (SSSR count). The molecular weight excluding hydrogens is 291 g/mol. The molecule has 108 valence electrons. The Kier molecular flexibility index (Phi) is 5.18. The van der Waals surface area contributed by atoms with Gasteiger partial charge in [-0.3, -0.25) is 0 Å². The van der Waals surface area contributed by atoms with Gasteiger partial charge in [0.1, 0.15) is 10.8 Å². The molecular formula is C15H19FN2S2. The predicted molar refractivity (Wildman–Crippen MR) is 86.1 cm³/mol. The summed E-state index contributed by atoms with van der Waals surface area (Å²) in [5.41, 5.74) is 1.62. The average Bonchev–Trinajstić information content (AvgIpc) is 2.80. The van der Waals surface area contributed by atoms with Crippen molar-refractivity contribution < 1.29 is 4.39 Å². The first-order valence-electron chi connectivity index (χ1n) is 6.64. The number of aromatic nitrogens is 1. The van der Waals surface area contributed by atoms with Gasteiger partial charge in [0.05, 0.1) is 11.3 Å². The van der Waals surface area contributed by atoms with Gasteiger partial charge in [0.25, 0.3) is 0 Å². The SMILES string of the molecule is CCSc1cccc(F)c1-c1nc(C)c(C(C)NC)s1. The molecule has 0 amide bonds. The molecule has 2 aromatic rings. The number of benzene rings is 1. The van der Waals surface area contributed by atoms with Crippen LogP contribution in [0.1, 0.15) is 30.5 Å². The number of thiazole rings is 1. The molecule has 0 aliphatic carbocycles. The lowest BCUT2D eigenvalue weighted by Crippen LogP contribution is -2.11. The van der Waals surface area contributed by atoms with Crippen LogP contribution in [0.15, 0.2) is 23.1 Å². The van der Waals surface area contributed by atoms with Crippen molar-refractivity contribution in [1.82, 2.24) is 10.3 Å². The van der Waals surface area contributed by atoms with Crippen LogP contribution >= 0.6 is 23.1 Å². The minimum atomic E-state index is -0.194. The minimum absolute atomic E-state index is 0.194. The van der Waals surface area contributed by atoms with Gasteiger partial charge in [0.2, 0.25) is 0 Å². The molecule has 1 N–H and O–H groups in total. The third-order valence-electron chi connectivity index (χ3n) is 3.15. The van der Waals surface area contributed by atoms with Crippen LogP contribution < -0.4 is 5.32 Å². The Morgan fingerprint density at radius 3 is 2.85 bits per heavy atom. The number of rotatable bonds is 5. The second-order valence-corrected chi connectivity index (χ2v) is 6.86. The fourth-order valence-corrected chi connectivity index (χ4v) is 4.11. The molecule has 1 unspecified atom stereocenters. The third kappa shape index (κ3) is 3.05. The molecule has 0 saturated heterocycles. The Morgan fingerprint density at radius 1 is 1.45 bits per heavy atom. The largest absolute Gasteiger partial charge is 0.312 e. The lowest BCUT2D eigenvalue weighted by atomic mass is 10.2. The van der Waals surface area contributed by atoms with E-state index in [1.165, 1.54) is 10.9 Å². The zero-order valence-corrected chi connectivity index (χ0v) is 13.8. The van der Waals surface area contributed by atoms with E-state index in [2.05, 4.69) is 24.1 Å². The molecule has 20 heavy (non-hydrogen) atoms. The lowest BCUT2D eigenvalue weighted by molar-refractivity contribution is 0.628. The second-order valence-electron chi connectivity index (χ2n) is 4.53. The summed E-state index contributed by atoms with van der Waals surface area (Å²) < 4.78 is 14.2. The molecule has 0 aliphatic heterocycles. The Bertz CT molecular complexity index is 596. The number of thioether (sulfide) groups is 1. The number of nitrogens with zero attached hydrogens (tertiary/aromatic N) is 1. The van der Waals surface area contributed by atoms with Crippen molar-refractivity contribution >= 4 is 23.1 Å². The first kappa shape index (κ1) is 15.5. The van der Waals surface area contributed by atoms with Crippen LogP contribution in [0, 0.1) is 12.7 Å². The summed E-state index contributed by atoms with van der Waals surface area (Å²) in [6, 6.07) is 5.46. The lowest BCUT2D eigenvalue weighted by Gasteiger charge is -2.08. The molecule has 0 fully saturated rings. The summed E-state index contributed by atoms with van der Waals surface area (Å²) in [6.07, 6.45) is 0. The monoisotopic (exact) mass is 310 g/mol. The first-order valence-corrected chi connectivity index (χ1v) is 8.45. The number of hydrogen-bond donors (Lipinski definition) is 1. The van der Waals surface area contributed by atoms with E-state index >= 15 is 0 Å². The summed E-state index contributed by atoms with van der Waals surface area (Å²) in [5, 5.41) is 3.98. The molecule has 5 heteroatoms. The van der Waals surface area contributed by atoms with E-state index in [9.17, 15) is 4.39 Å². The highest BCUT2D eigenvalue weighted by atomic mass is 32.2. The van der Waals surface area contributed by atoms with Crippen molar-refractivity contribution in [2.24, 2.45) is 0 Å². The Morgan fingerprint density at radius 2 is 2.20 bits per heavy atom. The van der Waals surface area contributed by atoms with Gasteiger partial charge in [-0.25, -0.2) is 9.37 Å².